The van der Waals surface area contributed by atoms with E-state index in [-0.39, 0.29) is 30.5 Å². The van der Waals surface area contributed by atoms with Crippen LogP contribution < -0.4 is 32.3 Å². The molecule has 8 N–H and O–H groups in total. The maximum absolute atomic E-state index is 13.7. The van der Waals surface area contributed by atoms with Crippen LogP contribution in [0.4, 0.5) is 0 Å². The number of benzene rings is 1. The third-order valence-electron chi connectivity index (χ3n) is 6.92. The van der Waals surface area contributed by atoms with Crippen LogP contribution in [0.2, 0.25) is 0 Å². The number of rotatable bonds is 11. The van der Waals surface area contributed by atoms with E-state index in [1.807, 2.05) is 26.0 Å². The van der Waals surface area contributed by atoms with Crippen LogP contribution in [-0.2, 0) is 25.6 Å². The number of ether oxygens (including phenoxy) is 1. The maximum atomic E-state index is 13.7. The lowest BCUT2D eigenvalue weighted by atomic mass is 9.81. The fourth-order valence-electron chi connectivity index (χ4n) is 4.83. The molecule has 4 atom stereocenters. The fraction of sp³-hybridized carbons (Fsp3) is 0.607. The Hall–Kier alpha value is -3.67. The van der Waals surface area contributed by atoms with E-state index < -0.39 is 41.6 Å². The highest BCUT2D eigenvalue weighted by molar-refractivity contribution is 5.94. The molecular weight excluding hydrogens is 516 g/mol. The second kappa shape index (κ2) is 16.4. The van der Waals surface area contributed by atoms with Gasteiger partial charge in [0.25, 0.3) is 0 Å². The fourth-order valence-corrected chi connectivity index (χ4v) is 4.83. The minimum absolute atomic E-state index is 0.0506. The molecule has 2 heterocycles. The van der Waals surface area contributed by atoms with Crippen LogP contribution in [0, 0.1) is 17.8 Å². The number of fused-ring (bicyclic) bond motifs is 11. The average molecular weight is 561 g/mol. The van der Waals surface area contributed by atoms with Crippen molar-refractivity contribution in [2.75, 3.05) is 13.2 Å². The number of carbonyl (C=O) groups is 4. The van der Waals surface area contributed by atoms with E-state index in [1.54, 1.807) is 24.5 Å². The van der Waals surface area contributed by atoms with Gasteiger partial charge in [0.05, 0.1) is 18.6 Å². The minimum Gasteiger partial charge on any atom is -0.494 e. The molecule has 12 heteroatoms. The quantitative estimate of drug-likeness (QED) is 0.0762. The number of nitrogens with two attached hydrogens (primary N) is 2. The molecule has 0 radical (unpaired) electrons. The van der Waals surface area contributed by atoms with Crippen molar-refractivity contribution in [3.05, 3.63) is 29.8 Å². The molecule has 0 saturated carbocycles. The molecular formula is C28H44N6O6. The molecule has 1 aromatic carbocycles. The van der Waals surface area contributed by atoms with Crippen molar-refractivity contribution in [1.29, 1.82) is 0 Å². The third-order valence-corrected chi connectivity index (χ3v) is 6.92. The van der Waals surface area contributed by atoms with E-state index in [1.165, 1.54) is 0 Å². The molecule has 0 saturated heterocycles. The van der Waals surface area contributed by atoms with Crippen molar-refractivity contribution < 1.29 is 29.1 Å². The summed E-state index contributed by atoms with van der Waals surface area (Å²) in [5.74, 6) is -2.75. The highest BCUT2D eigenvalue weighted by Crippen LogP contribution is 2.27. The van der Waals surface area contributed by atoms with Crippen molar-refractivity contribution in [3.8, 4) is 5.75 Å². The molecule has 222 valence electrons. The van der Waals surface area contributed by atoms with Gasteiger partial charge >= 0.3 is 0 Å². The number of hydroxylamine groups is 1. The first kappa shape index (κ1) is 32.5. The normalized spacial score (nSPS) is 20.4. The second-order valence-electron chi connectivity index (χ2n) is 10.5. The summed E-state index contributed by atoms with van der Waals surface area (Å²) >= 11 is 0. The first-order valence-electron chi connectivity index (χ1n) is 13.9. The molecule has 0 aromatic heterocycles. The Balaban J connectivity index is 2.37. The summed E-state index contributed by atoms with van der Waals surface area (Å²) in [6.07, 6.45) is 2.33. The molecule has 3 rings (SSSR count). The molecule has 0 fully saturated rings. The van der Waals surface area contributed by atoms with Gasteiger partial charge in [0, 0.05) is 25.3 Å². The molecule has 2 aliphatic heterocycles. The number of hydrogen-bond donors (Lipinski definition) is 6. The lowest BCUT2D eigenvalue weighted by molar-refractivity contribution is -0.142. The zero-order valence-electron chi connectivity index (χ0n) is 23.7. The van der Waals surface area contributed by atoms with Gasteiger partial charge in [0.15, 0.2) is 11.7 Å². The second-order valence-corrected chi connectivity index (χ2v) is 10.5. The zero-order valence-corrected chi connectivity index (χ0v) is 23.7. The number of carbonyl (C=O) groups excluding carboxylic acids is 4. The summed E-state index contributed by atoms with van der Waals surface area (Å²) in [6, 6.07) is 5.43. The topological polar surface area (TPSA) is 198 Å². The largest absolute Gasteiger partial charge is 0.494 e. The smallest absolute Gasteiger partial charge is 0.247 e. The van der Waals surface area contributed by atoms with E-state index in [0.717, 1.165) is 5.56 Å². The predicted molar refractivity (Wildman–Crippen MR) is 150 cm³/mol. The molecule has 0 aliphatic carbocycles. The van der Waals surface area contributed by atoms with Crippen LogP contribution in [0.5, 0.6) is 5.75 Å². The van der Waals surface area contributed by atoms with Gasteiger partial charge in [-0.1, -0.05) is 32.9 Å². The molecule has 1 aromatic rings. The highest BCUT2D eigenvalue weighted by Gasteiger charge is 2.36. The predicted octanol–water partition coefficient (Wildman–Crippen LogP) is 1.19. The van der Waals surface area contributed by atoms with Gasteiger partial charge in [-0.15, -0.1) is 0 Å². The molecule has 0 spiro atoms. The Kier molecular flexibility index (Phi) is 13.4. The number of nitrogens with zero attached hydrogens (tertiary/aromatic N) is 1. The van der Waals surface area contributed by atoms with E-state index in [2.05, 4.69) is 15.6 Å². The summed E-state index contributed by atoms with van der Waals surface area (Å²) in [5.41, 5.74) is 13.2. The summed E-state index contributed by atoms with van der Waals surface area (Å²) in [5, 5.41) is 15.1. The average Bonchev–Trinajstić information content (AvgIpc) is 2.92. The van der Waals surface area contributed by atoms with Crippen LogP contribution in [0.1, 0.15) is 64.9 Å². The van der Waals surface area contributed by atoms with Crippen LogP contribution in [-0.4, -0.2) is 59.9 Å². The van der Waals surface area contributed by atoms with Gasteiger partial charge in [-0.3, -0.25) is 29.4 Å². The number of Topliss-reactive ketones (excluding diaryl/α,β-unsaturated/α-hetero) is 1. The number of hydrogen-bond acceptors (Lipinski definition) is 7. The maximum Gasteiger partial charge on any atom is 0.247 e. The van der Waals surface area contributed by atoms with Gasteiger partial charge < -0.3 is 26.8 Å². The van der Waals surface area contributed by atoms with Crippen LogP contribution >= 0.6 is 0 Å². The van der Waals surface area contributed by atoms with Gasteiger partial charge in [0.1, 0.15) is 11.8 Å². The molecule has 0 unspecified atom stereocenters. The zero-order chi connectivity index (χ0) is 29.7. The van der Waals surface area contributed by atoms with Gasteiger partial charge in [-0.05, 0) is 55.7 Å². The Labute approximate surface area is 235 Å². The number of guanidine groups is 1. The van der Waals surface area contributed by atoms with E-state index >= 15 is 0 Å². The van der Waals surface area contributed by atoms with Crippen LogP contribution in [0.25, 0.3) is 0 Å². The van der Waals surface area contributed by atoms with Crippen LogP contribution in [0.15, 0.2) is 29.3 Å². The van der Waals surface area contributed by atoms with E-state index in [9.17, 15) is 24.4 Å². The molecule has 2 bridgehead atoms. The number of aliphatic imine (C=N–C) groups is 1. The van der Waals surface area contributed by atoms with Gasteiger partial charge in [-0.25, -0.2) is 5.48 Å². The first-order valence-corrected chi connectivity index (χ1v) is 13.9. The summed E-state index contributed by atoms with van der Waals surface area (Å²) in [4.78, 5) is 56.5. The third kappa shape index (κ3) is 10.5. The Morgan fingerprint density at radius 1 is 1.18 bits per heavy atom. The monoisotopic (exact) mass is 560 g/mol. The molecule has 40 heavy (non-hydrogen) atoms. The molecule has 2 aliphatic rings. The number of ketones is 1. The molecule has 3 amide bonds. The lowest BCUT2D eigenvalue weighted by Gasteiger charge is -2.29. The van der Waals surface area contributed by atoms with Gasteiger partial charge in [-0.2, -0.15) is 0 Å². The van der Waals surface area contributed by atoms with Crippen molar-refractivity contribution >= 4 is 29.5 Å². The lowest BCUT2D eigenvalue weighted by Crippen LogP contribution is -2.54. The summed E-state index contributed by atoms with van der Waals surface area (Å²) in [7, 11) is 0. The highest BCUT2D eigenvalue weighted by atomic mass is 16.5. The Morgan fingerprint density at radius 2 is 1.88 bits per heavy atom. The van der Waals surface area contributed by atoms with Crippen LogP contribution in [0.3, 0.4) is 0 Å². The van der Waals surface area contributed by atoms with Crippen molar-refractivity contribution in [3.63, 3.8) is 0 Å². The minimum atomic E-state index is -1.01. The van der Waals surface area contributed by atoms with Crippen molar-refractivity contribution in [2.24, 2.45) is 34.2 Å². The number of nitrogens with one attached hydrogen (secondary N) is 3. The molecule has 12 nitrogen and oxygen atoms in total. The van der Waals surface area contributed by atoms with E-state index in [0.29, 0.717) is 51.0 Å². The standard InChI is InChI=1S/C28H44N6O6/c1-4-24(35)22(8-5-13-31-28(29)30)32-27(38)23-16-18-9-11-19(12-10-18)40-14-6-7-20(26(37)34-39)21(15-17(2)3)25(36)33-23/h9-12,17,20-23,39H,4-8,13-16H2,1-3H3,(H,32,38)(H,33,36)(H,34,37)(H4,29,30,31)/t20-,21+,22-,23-/m0/s1. The summed E-state index contributed by atoms with van der Waals surface area (Å²) < 4.78 is 5.80. The Morgan fingerprint density at radius 3 is 2.48 bits per heavy atom. The van der Waals surface area contributed by atoms with E-state index in [4.69, 9.17) is 16.2 Å². The van der Waals surface area contributed by atoms with Gasteiger partial charge in [0.2, 0.25) is 17.7 Å². The Bertz CT molecular complexity index is 1020. The first-order chi connectivity index (χ1) is 19.0. The number of amides is 3. The SMILES string of the molecule is CCC(=O)[C@H](CCCN=C(N)N)NC(=O)[C@@H]1Cc2ccc(cc2)OCCC[C@H](C(=O)NO)[C@@H](CC(C)C)C(=O)N1. The van der Waals surface area contributed by atoms with Crippen molar-refractivity contribution in [1.82, 2.24) is 16.1 Å². The van der Waals surface area contributed by atoms with Crippen molar-refractivity contribution in [2.45, 2.75) is 77.8 Å². The summed E-state index contributed by atoms with van der Waals surface area (Å²) in [6.45, 7) is 6.23.